The van der Waals surface area contributed by atoms with Crippen LogP contribution in [0.25, 0.3) is 0 Å². The number of furan rings is 1. The topological polar surface area (TPSA) is 42.7 Å². The van der Waals surface area contributed by atoms with Crippen LogP contribution in [0.1, 0.15) is 55.0 Å². The maximum Gasteiger partial charge on any atom is 0.341 e. The van der Waals surface area contributed by atoms with Crippen LogP contribution in [-0.2, 0) is 10.2 Å². The highest BCUT2D eigenvalue weighted by Crippen LogP contribution is 2.33. The molecular formula is C16H25Cl2NO3. The van der Waals surface area contributed by atoms with Crippen molar-refractivity contribution in [3.05, 3.63) is 23.2 Å². The minimum absolute atomic E-state index is 0.210. The van der Waals surface area contributed by atoms with Crippen LogP contribution < -0.4 is 0 Å². The smallest absolute Gasteiger partial charge is 0.341 e. The van der Waals surface area contributed by atoms with Gasteiger partial charge < -0.3 is 14.1 Å². The average Bonchev–Trinajstić information content (AvgIpc) is 2.84. The standard InChI is InChI=1S/C16H25Cl2NO3/c1-6-21-15(20)11-9-13(16(2,3)4)22-14(11)12(18)10-19(5)8-7-17/h9,12H,6-8,10H2,1-5H3. The van der Waals surface area contributed by atoms with Gasteiger partial charge in [0.2, 0.25) is 0 Å². The van der Waals surface area contributed by atoms with Crippen molar-refractivity contribution in [3.63, 3.8) is 0 Å². The summed E-state index contributed by atoms with van der Waals surface area (Å²) >= 11 is 12.2. The van der Waals surface area contributed by atoms with Gasteiger partial charge in [-0.25, -0.2) is 4.79 Å². The van der Waals surface area contributed by atoms with Crippen LogP contribution in [0.4, 0.5) is 0 Å². The molecule has 0 radical (unpaired) electrons. The number of carbonyl (C=O) groups is 1. The first-order valence-corrected chi connectivity index (χ1v) is 8.37. The minimum Gasteiger partial charge on any atom is -0.463 e. The summed E-state index contributed by atoms with van der Waals surface area (Å²) in [5.74, 6) is 1.31. The first-order chi connectivity index (χ1) is 10.2. The molecule has 0 aliphatic rings. The van der Waals surface area contributed by atoms with Gasteiger partial charge in [0.1, 0.15) is 22.5 Å². The van der Waals surface area contributed by atoms with Gasteiger partial charge in [0.15, 0.2) is 0 Å². The van der Waals surface area contributed by atoms with Gasteiger partial charge in [-0.15, -0.1) is 23.2 Å². The fourth-order valence-electron chi connectivity index (χ4n) is 1.97. The van der Waals surface area contributed by atoms with Crippen LogP contribution in [0.15, 0.2) is 10.5 Å². The molecule has 1 aromatic heterocycles. The number of hydrogen-bond acceptors (Lipinski definition) is 4. The molecule has 126 valence electrons. The lowest BCUT2D eigenvalue weighted by Gasteiger charge is -2.19. The lowest BCUT2D eigenvalue weighted by atomic mass is 9.93. The fraction of sp³-hybridized carbons (Fsp3) is 0.688. The second-order valence-electron chi connectivity index (χ2n) is 6.28. The predicted molar refractivity (Wildman–Crippen MR) is 90.2 cm³/mol. The molecule has 6 heteroatoms. The summed E-state index contributed by atoms with van der Waals surface area (Å²) in [5.41, 5.74) is 0.198. The van der Waals surface area contributed by atoms with Crippen molar-refractivity contribution in [1.29, 1.82) is 0 Å². The van der Waals surface area contributed by atoms with E-state index in [-0.39, 0.29) is 5.41 Å². The van der Waals surface area contributed by atoms with Crippen molar-refractivity contribution >= 4 is 29.2 Å². The van der Waals surface area contributed by atoms with E-state index >= 15 is 0 Å². The molecular weight excluding hydrogens is 325 g/mol. The third-order valence-electron chi connectivity index (χ3n) is 3.22. The molecule has 0 fully saturated rings. The Bertz CT molecular complexity index is 494. The number of halogens is 2. The van der Waals surface area contributed by atoms with Crippen molar-refractivity contribution in [1.82, 2.24) is 4.90 Å². The van der Waals surface area contributed by atoms with Crippen LogP contribution in [0.3, 0.4) is 0 Å². The Morgan fingerprint density at radius 2 is 2.09 bits per heavy atom. The number of hydrogen-bond donors (Lipinski definition) is 0. The molecule has 1 heterocycles. The Morgan fingerprint density at radius 3 is 2.59 bits per heavy atom. The summed E-state index contributed by atoms with van der Waals surface area (Å²) in [6, 6.07) is 1.74. The zero-order valence-corrected chi connectivity index (χ0v) is 15.4. The fourth-order valence-corrected chi connectivity index (χ4v) is 2.65. The van der Waals surface area contributed by atoms with Crippen LogP contribution >= 0.6 is 23.2 Å². The van der Waals surface area contributed by atoms with E-state index in [1.807, 2.05) is 32.7 Å². The van der Waals surface area contributed by atoms with Crippen LogP contribution in [-0.4, -0.2) is 43.5 Å². The highest BCUT2D eigenvalue weighted by Gasteiger charge is 2.29. The Kier molecular flexibility index (Phi) is 7.23. The predicted octanol–water partition coefficient (Wildman–Crippen LogP) is 4.20. The quantitative estimate of drug-likeness (QED) is 0.546. The van der Waals surface area contributed by atoms with E-state index in [1.165, 1.54) is 0 Å². The maximum absolute atomic E-state index is 12.1. The number of carbonyl (C=O) groups excluding carboxylic acids is 1. The summed E-state index contributed by atoms with van der Waals surface area (Å²) in [7, 11) is 1.93. The van der Waals surface area contributed by atoms with Crippen molar-refractivity contribution < 1.29 is 13.9 Å². The SMILES string of the molecule is CCOC(=O)c1cc(C(C)(C)C)oc1C(Cl)CN(C)CCCl. The molecule has 0 aliphatic carbocycles. The number of alkyl halides is 2. The minimum atomic E-state index is -0.441. The highest BCUT2D eigenvalue weighted by molar-refractivity contribution is 6.21. The Labute approximate surface area is 142 Å². The van der Waals surface area contributed by atoms with Gasteiger partial charge in [-0.05, 0) is 20.0 Å². The highest BCUT2D eigenvalue weighted by atomic mass is 35.5. The van der Waals surface area contributed by atoms with Gasteiger partial charge in [0.25, 0.3) is 0 Å². The largest absolute Gasteiger partial charge is 0.463 e. The molecule has 1 rings (SSSR count). The molecule has 1 unspecified atom stereocenters. The van der Waals surface area contributed by atoms with Crippen LogP contribution in [0.2, 0.25) is 0 Å². The first-order valence-electron chi connectivity index (χ1n) is 7.40. The van der Waals surface area contributed by atoms with E-state index in [0.29, 0.717) is 36.9 Å². The normalized spacial score (nSPS) is 13.5. The van der Waals surface area contributed by atoms with Crippen molar-refractivity contribution in [2.75, 3.05) is 32.6 Å². The number of rotatable bonds is 7. The number of esters is 1. The number of ether oxygens (including phenoxy) is 1. The second-order valence-corrected chi connectivity index (χ2v) is 7.18. The van der Waals surface area contributed by atoms with Gasteiger partial charge in [-0.3, -0.25) is 0 Å². The molecule has 22 heavy (non-hydrogen) atoms. The average molecular weight is 350 g/mol. The van der Waals surface area contributed by atoms with Gasteiger partial charge in [-0.1, -0.05) is 20.8 Å². The van der Waals surface area contributed by atoms with Crippen molar-refractivity contribution in [3.8, 4) is 0 Å². The van der Waals surface area contributed by atoms with Crippen LogP contribution in [0, 0.1) is 0 Å². The Balaban J connectivity index is 3.09. The molecule has 0 amide bonds. The summed E-state index contributed by atoms with van der Waals surface area (Å²) in [6.45, 7) is 9.40. The summed E-state index contributed by atoms with van der Waals surface area (Å²) in [4.78, 5) is 14.1. The van der Waals surface area contributed by atoms with Gasteiger partial charge in [0, 0.05) is 24.4 Å². The molecule has 1 aromatic rings. The summed E-state index contributed by atoms with van der Waals surface area (Å²) in [5, 5.41) is -0.441. The molecule has 0 aromatic carbocycles. The molecule has 0 saturated heterocycles. The Morgan fingerprint density at radius 1 is 1.45 bits per heavy atom. The Hall–Kier alpha value is -0.710. The zero-order valence-electron chi connectivity index (χ0n) is 13.9. The number of nitrogens with zero attached hydrogens (tertiary/aromatic N) is 1. The second kappa shape index (κ2) is 8.23. The van der Waals surface area contributed by atoms with E-state index in [0.717, 1.165) is 5.76 Å². The van der Waals surface area contributed by atoms with Gasteiger partial charge >= 0.3 is 5.97 Å². The van der Waals surface area contributed by atoms with Gasteiger partial charge in [0.05, 0.1) is 6.61 Å². The third-order valence-corrected chi connectivity index (χ3v) is 3.72. The third kappa shape index (κ3) is 5.18. The van der Waals surface area contributed by atoms with Crippen molar-refractivity contribution in [2.24, 2.45) is 0 Å². The number of likely N-dealkylation sites (N-methyl/N-ethyl adjacent to an activating group) is 1. The van der Waals surface area contributed by atoms with E-state index in [2.05, 4.69) is 0 Å². The van der Waals surface area contributed by atoms with Gasteiger partial charge in [-0.2, -0.15) is 0 Å². The summed E-state index contributed by atoms with van der Waals surface area (Å²) in [6.07, 6.45) is 0. The van der Waals surface area contributed by atoms with E-state index < -0.39 is 11.3 Å². The molecule has 0 bridgehead atoms. The monoisotopic (exact) mass is 349 g/mol. The molecule has 0 spiro atoms. The maximum atomic E-state index is 12.1. The first kappa shape index (κ1) is 19.3. The molecule has 0 aliphatic heterocycles. The van der Waals surface area contributed by atoms with Crippen LogP contribution in [0.5, 0.6) is 0 Å². The molecule has 4 nitrogen and oxygen atoms in total. The molecule has 0 N–H and O–H groups in total. The molecule has 0 saturated carbocycles. The van der Waals surface area contributed by atoms with E-state index in [9.17, 15) is 4.79 Å². The van der Waals surface area contributed by atoms with E-state index in [4.69, 9.17) is 32.4 Å². The van der Waals surface area contributed by atoms with Crippen molar-refractivity contribution in [2.45, 2.75) is 38.5 Å². The summed E-state index contributed by atoms with van der Waals surface area (Å²) < 4.78 is 11.0. The zero-order chi connectivity index (χ0) is 16.9. The van der Waals surface area contributed by atoms with E-state index in [1.54, 1.807) is 13.0 Å². The molecule has 1 atom stereocenters. The lowest BCUT2D eigenvalue weighted by Crippen LogP contribution is -2.25. The lowest BCUT2D eigenvalue weighted by molar-refractivity contribution is 0.0523.